The van der Waals surface area contributed by atoms with Gasteiger partial charge in [0, 0.05) is 21.7 Å². The molecule has 1 aromatic heterocycles. The smallest absolute Gasteiger partial charge is 0.341 e. The molecular weight excluding hydrogens is 412 g/mol. The molecule has 0 atom stereocenters. The van der Waals surface area contributed by atoms with Gasteiger partial charge in [0.15, 0.2) is 0 Å². The molecule has 3 rings (SSSR count). The van der Waals surface area contributed by atoms with Crippen LogP contribution in [0.1, 0.15) is 10.4 Å². The topological polar surface area (TPSA) is 67.8 Å². The molecule has 0 bridgehead atoms. The Balaban J connectivity index is 1.79. The van der Waals surface area contributed by atoms with Crippen molar-refractivity contribution < 1.29 is 14.3 Å². The molecule has 0 fully saturated rings. The molecule has 136 valence electrons. The standard InChI is InChI=1S/C17H15ClN2O3S3/c1-23-16(22)14-12(10-2-4-11(18)5-3-10)8-25-15(14)20-13(21)9-26-17-19-6-7-24-17/h2-5,8H,6-7,9H2,1H3,(H,20,21). The Morgan fingerprint density at radius 3 is 2.77 bits per heavy atom. The van der Waals surface area contributed by atoms with E-state index in [0.29, 0.717) is 21.2 Å². The Labute approximate surface area is 168 Å². The molecular formula is C17H15ClN2O3S3. The quantitative estimate of drug-likeness (QED) is 0.706. The maximum absolute atomic E-state index is 12.3. The molecule has 1 N–H and O–H groups in total. The molecule has 0 saturated heterocycles. The van der Waals surface area contributed by atoms with Crippen LogP contribution in [-0.2, 0) is 9.53 Å². The van der Waals surface area contributed by atoms with Crippen LogP contribution in [0.2, 0.25) is 5.02 Å². The Kier molecular flexibility index (Phi) is 6.63. The van der Waals surface area contributed by atoms with Crippen LogP contribution in [0.25, 0.3) is 11.1 Å². The van der Waals surface area contributed by atoms with Crippen LogP contribution < -0.4 is 5.32 Å². The molecule has 1 amide bonds. The summed E-state index contributed by atoms with van der Waals surface area (Å²) in [7, 11) is 1.32. The van der Waals surface area contributed by atoms with Crippen molar-refractivity contribution in [1.82, 2.24) is 0 Å². The zero-order valence-corrected chi connectivity index (χ0v) is 17.0. The van der Waals surface area contributed by atoms with Gasteiger partial charge in [-0.3, -0.25) is 9.79 Å². The lowest BCUT2D eigenvalue weighted by Gasteiger charge is -2.08. The Bertz CT molecular complexity index is 849. The lowest BCUT2D eigenvalue weighted by Crippen LogP contribution is -2.16. The first kappa shape index (κ1) is 19.3. The fraction of sp³-hybridized carbons (Fsp3) is 0.235. The fourth-order valence-electron chi connectivity index (χ4n) is 2.29. The van der Waals surface area contributed by atoms with E-state index in [1.165, 1.54) is 30.2 Å². The first-order valence-corrected chi connectivity index (χ1v) is 10.9. The SMILES string of the molecule is COC(=O)c1c(-c2ccc(Cl)cc2)csc1NC(=O)CSC1=NCCS1. The molecule has 0 radical (unpaired) electrons. The van der Waals surface area contributed by atoms with E-state index in [1.54, 1.807) is 23.9 Å². The number of benzene rings is 1. The number of ether oxygens (including phenoxy) is 1. The van der Waals surface area contributed by atoms with Crippen molar-refractivity contribution in [2.75, 3.05) is 30.5 Å². The third-order valence-corrected chi connectivity index (χ3v) is 6.87. The maximum Gasteiger partial charge on any atom is 0.341 e. The number of nitrogens with zero attached hydrogens (tertiary/aromatic N) is 1. The maximum atomic E-state index is 12.3. The van der Waals surface area contributed by atoms with Crippen LogP contribution in [0.15, 0.2) is 34.6 Å². The van der Waals surface area contributed by atoms with Gasteiger partial charge < -0.3 is 10.1 Å². The van der Waals surface area contributed by atoms with Crippen LogP contribution >= 0.6 is 46.5 Å². The molecule has 1 aliphatic rings. The zero-order valence-electron chi connectivity index (χ0n) is 13.8. The number of rotatable bonds is 5. The second kappa shape index (κ2) is 8.94. The van der Waals surface area contributed by atoms with E-state index in [0.717, 1.165) is 22.2 Å². The summed E-state index contributed by atoms with van der Waals surface area (Å²) in [6.07, 6.45) is 0. The third kappa shape index (κ3) is 4.62. The van der Waals surface area contributed by atoms with Gasteiger partial charge in [-0.2, -0.15) is 0 Å². The van der Waals surface area contributed by atoms with Crippen molar-refractivity contribution >= 4 is 67.7 Å². The number of carbonyl (C=O) groups is 2. The van der Waals surface area contributed by atoms with Gasteiger partial charge in [0.25, 0.3) is 0 Å². The van der Waals surface area contributed by atoms with Crippen molar-refractivity contribution in [3.8, 4) is 11.1 Å². The van der Waals surface area contributed by atoms with Gasteiger partial charge in [-0.05, 0) is 17.7 Å². The zero-order chi connectivity index (χ0) is 18.5. The summed E-state index contributed by atoms with van der Waals surface area (Å²) >= 11 is 10.3. The minimum absolute atomic E-state index is 0.181. The summed E-state index contributed by atoms with van der Waals surface area (Å²) in [5.74, 6) is 0.543. The number of hydrogen-bond acceptors (Lipinski definition) is 7. The molecule has 0 unspecified atom stereocenters. The number of nitrogens with one attached hydrogen (secondary N) is 1. The first-order chi connectivity index (χ1) is 12.6. The number of amides is 1. The van der Waals surface area contributed by atoms with E-state index < -0.39 is 5.97 Å². The summed E-state index contributed by atoms with van der Waals surface area (Å²) in [6.45, 7) is 0.802. The van der Waals surface area contributed by atoms with Crippen molar-refractivity contribution in [2.45, 2.75) is 0 Å². The minimum Gasteiger partial charge on any atom is -0.465 e. The third-order valence-electron chi connectivity index (χ3n) is 3.47. The van der Waals surface area contributed by atoms with Gasteiger partial charge in [0.2, 0.25) is 5.91 Å². The highest BCUT2D eigenvalue weighted by atomic mass is 35.5. The number of aliphatic imine (C=N–C) groups is 1. The molecule has 0 saturated carbocycles. The van der Waals surface area contributed by atoms with Crippen LogP contribution in [-0.4, -0.2) is 41.4 Å². The van der Waals surface area contributed by atoms with E-state index in [2.05, 4.69) is 10.3 Å². The van der Waals surface area contributed by atoms with E-state index in [-0.39, 0.29) is 11.7 Å². The molecule has 2 aromatic rings. The lowest BCUT2D eigenvalue weighted by atomic mass is 10.0. The lowest BCUT2D eigenvalue weighted by molar-refractivity contribution is -0.113. The average Bonchev–Trinajstić information content (AvgIpc) is 3.30. The van der Waals surface area contributed by atoms with Crippen LogP contribution in [0.4, 0.5) is 5.00 Å². The molecule has 2 heterocycles. The van der Waals surface area contributed by atoms with Gasteiger partial charge in [-0.25, -0.2) is 4.79 Å². The Morgan fingerprint density at radius 1 is 1.35 bits per heavy atom. The van der Waals surface area contributed by atoms with Crippen molar-refractivity contribution in [3.63, 3.8) is 0 Å². The molecule has 9 heteroatoms. The van der Waals surface area contributed by atoms with Gasteiger partial charge in [-0.1, -0.05) is 47.3 Å². The predicted molar refractivity (Wildman–Crippen MR) is 112 cm³/mol. The molecule has 1 aromatic carbocycles. The number of thiophene rings is 1. The largest absolute Gasteiger partial charge is 0.465 e. The van der Waals surface area contributed by atoms with Gasteiger partial charge in [0.05, 0.1) is 19.4 Å². The van der Waals surface area contributed by atoms with E-state index in [1.807, 2.05) is 17.5 Å². The van der Waals surface area contributed by atoms with Crippen LogP contribution in [0, 0.1) is 0 Å². The predicted octanol–water partition coefficient (Wildman–Crippen LogP) is 4.63. The summed E-state index contributed by atoms with van der Waals surface area (Å²) < 4.78 is 5.84. The van der Waals surface area contributed by atoms with Crippen LogP contribution in [0.3, 0.4) is 0 Å². The minimum atomic E-state index is -0.491. The summed E-state index contributed by atoms with van der Waals surface area (Å²) in [6, 6.07) is 7.16. The molecule has 0 spiro atoms. The Morgan fingerprint density at radius 2 is 2.12 bits per heavy atom. The highest BCUT2D eigenvalue weighted by molar-refractivity contribution is 8.39. The van der Waals surface area contributed by atoms with Crippen molar-refractivity contribution in [1.29, 1.82) is 0 Å². The fourth-order valence-corrected chi connectivity index (χ4v) is 5.20. The number of thioether (sulfide) groups is 2. The van der Waals surface area contributed by atoms with E-state index >= 15 is 0 Å². The number of halogens is 1. The summed E-state index contributed by atoms with van der Waals surface area (Å²) in [5, 5.41) is 5.74. The number of anilines is 1. The molecule has 0 aliphatic carbocycles. The number of esters is 1. The number of carbonyl (C=O) groups excluding carboxylic acids is 2. The summed E-state index contributed by atoms with van der Waals surface area (Å²) in [4.78, 5) is 28.9. The molecule has 1 aliphatic heterocycles. The highest BCUT2D eigenvalue weighted by Gasteiger charge is 2.22. The summed E-state index contributed by atoms with van der Waals surface area (Å²) in [5.41, 5.74) is 1.89. The number of methoxy groups -OCH3 is 1. The molecule has 26 heavy (non-hydrogen) atoms. The van der Waals surface area contributed by atoms with E-state index in [4.69, 9.17) is 16.3 Å². The number of hydrogen-bond donors (Lipinski definition) is 1. The van der Waals surface area contributed by atoms with Crippen molar-refractivity contribution in [2.24, 2.45) is 4.99 Å². The van der Waals surface area contributed by atoms with E-state index in [9.17, 15) is 9.59 Å². The first-order valence-electron chi connectivity index (χ1n) is 7.64. The average molecular weight is 427 g/mol. The van der Waals surface area contributed by atoms with Crippen molar-refractivity contribution in [3.05, 3.63) is 40.2 Å². The van der Waals surface area contributed by atoms with Crippen LogP contribution in [0.5, 0.6) is 0 Å². The van der Waals surface area contributed by atoms with Gasteiger partial charge >= 0.3 is 5.97 Å². The monoisotopic (exact) mass is 426 g/mol. The normalized spacial score (nSPS) is 13.4. The highest BCUT2D eigenvalue weighted by Crippen LogP contribution is 2.36. The molecule has 5 nitrogen and oxygen atoms in total. The van der Waals surface area contributed by atoms with Gasteiger partial charge in [-0.15, -0.1) is 11.3 Å². The van der Waals surface area contributed by atoms with Gasteiger partial charge in [0.1, 0.15) is 14.9 Å². The second-order valence-corrected chi connectivity index (χ2v) is 8.81. The Hall–Kier alpha value is -1.48. The second-order valence-electron chi connectivity index (χ2n) is 5.18.